The van der Waals surface area contributed by atoms with Gasteiger partial charge in [-0.3, -0.25) is 10.1 Å². The number of aromatic carboxylic acids is 1. The third-order valence-electron chi connectivity index (χ3n) is 3.10. The predicted molar refractivity (Wildman–Crippen MR) is 102 cm³/mol. The van der Waals surface area contributed by atoms with Gasteiger partial charge in [-0.15, -0.1) is 0 Å². The van der Waals surface area contributed by atoms with Crippen molar-refractivity contribution in [1.82, 2.24) is 5.32 Å². The van der Waals surface area contributed by atoms with Crippen LogP contribution in [0.2, 0.25) is 0 Å². The van der Waals surface area contributed by atoms with Crippen LogP contribution in [0.3, 0.4) is 0 Å². The molecule has 0 unspecified atom stereocenters. The van der Waals surface area contributed by atoms with E-state index in [-0.39, 0.29) is 10.7 Å². The van der Waals surface area contributed by atoms with Gasteiger partial charge in [-0.2, -0.15) is 0 Å². The zero-order valence-corrected chi connectivity index (χ0v) is 15.6. The minimum atomic E-state index is -1.06. The summed E-state index contributed by atoms with van der Waals surface area (Å²) in [6.07, 6.45) is 0. The van der Waals surface area contributed by atoms with E-state index in [9.17, 15) is 9.59 Å². The molecule has 25 heavy (non-hydrogen) atoms. The van der Waals surface area contributed by atoms with Crippen molar-refractivity contribution in [1.29, 1.82) is 0 Å². The van der Waals surface area contributed by atoms with E-state index in [0.717, 1.165) is 0 Å². The minimum absolute atomic E-state index is 0.0510. The molecule has 0 heterocycles. The van der Waals surface area contributed by atoms with Gasteiger partial charge in [0.05, 0.1) is 17.9 Å². The van der Waals surface area contributed by atoms with Crippen molar-refractivity contribution in [3.63, 3.8) is 0 Å². The highest BCUT2D eigenvalue weighted by atomic mass is 79.9. The Bertz CT molecular complexity index is 826. The molecule has 0 aromatic heterocycles. The van der Waals surface area contributed by atoms with Gasteiger partial charge in [0.15, 0.2) is 5.11 Å². The largest absolute Gasteiger partial charge is 0.494 e. The van der Waals surface area contributed by atoms with Crippen molar-refractivity contribution in [2.45, 2.75) is 6.92 Å². The topological polar surface area (TPSA) is 87.7 Å². The van der Waals surface area contributed by atoms with Gasteiger partial charge < -0.3 is 15.2 Å². The smallest absolute Gasteiger partial charge is 0.335 e. The van der Waals surface area contributed by atoms with Crippen LogP contribution >= 0.6 is 28.1 Å². The summed E-state index contributed by atoms with van der Waals surface area (Å²) >= 11 is 8.42. The highest BCUT2D eigenvalue weighted by Crippen LogP contribution is 2.23. The number of benzene rings is 2. The number of carbonyl (C=O) groups is 2. The highest BCUT2D eigenvalue weighted by molar-refractivity contribution is 9.10. The van der Waals surface area contributed by atoms with Crippen LogP contribution in [0.1, 0.15) is 27.6 Å². The lowest BCUT2D eigenvalue weighted by molar-refractivity contribution is 0.0696. The standard InChI is InChI=1S/C17H15BrN2O4S/c1-2-24-12-5-3-4-10(8-12)15(21)20-17(25)19-14-9-11(16(22)23)6-7-13(14)18/h3-9H,2H2,1H3,(H,22,23)(H2,19,20,21,25). The number of amides is 1. The van der Waals surface area contributed by atoms with E-state index in [4.69, 9.17) is 22.1 Å². The first-order chi connectivity index (χ1) is 11.9. The maximum absolute atomic E-state index is 12.3. The minimum Gasteiger partial charge on any atom is -0.494 e. The van der Waals surface area contributed by atoms with Crippen LogP contribution in [-0.4, -0.2) is 28.7 Å². The third kappa shape index (κ3) is 5.27. The van der Waals surface area contributed by atoms with Gasteiger partial charge in [0.2, 0.25) is 0 Å². The Labute approximate surface area is 158 Å². The molecule has 2 rings (SSSR count). The molecule has 0 saturated carbocycles. The molecule has 130 valence electrons. The summed E-state index contributed by atoms with van der Waals surface area (Å²) in [5.74, 6) is -0.867. The summed E-state index contributed by atoms with van der Waals surface area (Å²) in [6.45, 7) is 2.36. The van der Waals surface area contributed by atoms with E-state index in [0.29, 0.717) is 28.1 Å². The van der Waals surface area contributed by atoms with Crippen LogP contribution in [-0.2, 0) is 0 Å². The van der Waals surface area contributed by atoms with Crippen LogP contribution in [0.15, 0.2) is 46.9 Å². The number of anilines is 1. The number of rotatable bonds is 5. The van der Waals surface area contributed by atoms with Crippen LogP contribution in [0.5, 0.6) is 5.75 Å². The zero-order valence-electron chi connectivity index (χ0n) is 13.2. The summed E-state index contributed by atoms with van der Waals surface area (Å²) in [7, 11) is 0. The summed E-state index contributed by atoms with van der Waals surface area (Å²) in [5.41, 5.74) is 0.936. The van der Waals surface area contributed by atoms with Gasteiger partial charge in [0, 0.05) is 10.0 Å². The molecule has 6 nitrogen and oxygen atoms in total. The Morgan fingerprint density at radius 2 is 1.96 bits per heavy atom. The molecule has 3 N–H and O–H groups in total. The molecule has 0 bridgehead atoms. The molecule has 8 heteroatoms. The molecule has 0 aliphatic carbocycles. The fourth-order valence-electron chi connectivity index (χ4n) is 1.98. The first-order valence-corrected chi connectivity index (χ1v) is 8.49. The fourth-order valence-corrected chi connectivity index (χ4v) is 2.53. The van der Waals surface area contributed by atoms with Gasteiger partial charge in [-0.05, 0) is 71.5 Å². The Morgan fingerprint density at radius 1 is 1.20 bits per heavy atom. The number of carbonyl (C=O) groups excluding carboxylic acids is 1. The van der Waals surface area contributed by atoms with E-state index >= 15 is 0 Å². The second kappa shape index (κ2) is 8.59. The van der Waals surface area contributed by atoms with E-state index in [2.05, 4.69) is 26.6 Å². The molecule has 0 radical (unpaired) electrons. The number of nitrogens with one attached hydrogen (secondary N) is 2. The molecule has 0 aliphatic rings. The predicted octanol–water partition coefficient (Wildman–Crippen LogP) is 3.67. The van der Waals surface area contributed by atoms with Crippen molar-refractivity contribution < 1.29 is 19.4 Å². The van der Waals surface area contributed by atoms with Crippen molar-refractivity contribution in [2.75, 3.05) is 11.9 Å². The Kier molecular flexibility index (Phi) is 6.49. The average Bonchev–Trinajstić information content (AvgIpc) is 2.57. The van der Waals surface area contributed by atoms with Gasteiger partial charge in [-0.25, -0.2) is 4.79 Å². The number of carboxylic acids is 1. The second-order valence-electron chi connectivity index (χ2n) is 4.87. The lowest BCUT2D eigenvalue weighted by Crippen LogP contribution is -2.34. The normalized spacial score (nSPS) is 10.0. The number of halogens is 1. The van der Waals surface area contributed by atoms with E-state index in [1.165, 1.54) is 12.1 Å². The van der Waals surface area contributed by atoms with Gasteiger partial charge in [-0.1, -0.05) is 6.07 Å². The Balaban J connectivity index is 2.07. The lowest BCUT2D eigenvalue weighted by Gasteiger charge is -2.12. The van der Waals surface area contributed by atoms with Crippen molar-refractivity contribution in [3.05, 3.63) is 58.1 Å². The lowest BCUT2D eigenvalue weighted by atomic mass is 10.2. The van der Waals surface area contributed by atoms with Gasteiger partial charge in [0.1, 0.15) is 5.75 Å². The molecule has 0 aliphatic heterocycles. The molecule has 0 saturated heterocycles. The van der Waals surface area contributed by atoms with E-state index in [1.807, 2.05) is 6.92 Å². The SMILES string of the molecule is CCOc1cccc(C(=O)NC(=S)Nc2cc(C(=O)O)ccc2Br)c1. The molecule has 1 amide bonds. The summed E-state index contributed by atoms with van der Waals surface area (Å²) in [5, 5.41) is 14.4. The maximum atomic E-state index is 12.3. The fraction of sp³-hybridized carbons (Fsp3) is 0.118. The number of ether oxygens (including phenoxy) is 1. The Morgan fingerprint density at radius 3 is 2.64 bits per heavy atom. The summed E-state index contributed by atoms with van der Waals surface area (Å²) in [6, 6.07) is 11.2. The summed E-state index contributed by atoms with van der Waals surface area (Å²) in [4.78, 5) is 23.3. The molecular weight excluding hydrogens is 408 g/mol. The van der Waals surface area contributed by atoms with Crippen molar-refractivity contribution >= 4 is 50.8 Å². The number of thiocarbonyl (C=S) groups is 1. The highest BCUT2D eigenvalue weighted by Gasteiger charge is 2.12. The van der Waals surface area contributed by atoms with Crippen LogP contribution in [0, 0.1) is 0 Å². The molecule has 2 aromatic rings. The Hall–Kier alpha value is -2.45. The van der Waals surface area contributed by atoms with Crippen molar-refractivity contribution in [2.24, 2.45) is 0 Å². The molecular formula is C17H15BrN2O4S. The molecule has 0 spiro atoms. The van der Waals surface area contributed by atoms with Crippen LogP contribution < -0.4 is 15.4 Å². The second-order valence-corrected chi connectivity index (χ2v) is 6.13. The molecule has 0 fully saturated rings. The zero-order chi connectivity index (χ0) is 18.4. The average molecular weight is 423 g/mol. The van der Waals surface area contributed by atoms with Crippen LogP contribution in [0.25, 0.3) is 0 Å². The number of carboxylic acid groups (broad SMARTS) is 1. The molecule has 2 aromatic carbocycles. The number of hydrogen-bond acceptors (Lipinski definition) is 4. The monoisotopic (exact) mass is 422 g/mol. The van der Waals surface area contributed by atoms with E-state index in [1.54, 1.807) is 30.3 Å². The van der Waals surface area contributed by atoms with Gasteiger partial charge in [0.25, 0.3) is 5.91 Å². The molecule has 0 atom stereocenters. The number of hydrogen-bond donors (Lipinski definition) is 3. The first-order valence-electron chi connectivity index (χ1n) is 7.28. The first kappa shape index (κ1) is 18.9. The van der Waals surface area contributed by atoms with Crippen LogP contribution in [0.4, 0.5) is 5.69 Å². The maximum Gasteiger partial charge on any atom is 0.335 e. The summed E-state index contributed by atoms with van der Waals surface area (Å²) < 4.78 is 5.98. The van der Waals surface area contributed by atoms with E-state index < -0.39 is 11.9 Å². The third-order valence-corrected chi connectivity index (χ3v) is 3.99. The van der Waals surface area contributed by atoms with Crippen molar-refractivity contribution in [3.8, 4) is 5.75 Å². The quantitative estimate of drug-likeness (QED) is 0.637. The van der Waals surface area contributed by atoms with Gasteiger partial charge >= 0.3 is 5.97 Å².